The molecule has 24 heavy (non-hydrogen) atoms. The molecule has 9 heteroatoms. The molecule has 0 bridgehead atoms. The zero-order chi connectivity index (χ0) is 17.1. The molecule has 0 unspecified atom stereocenters. The summed E-state index contributed by atoms with van der Waals surface area (Å²) in [5.74, 6) is 0.316. The predicted octanol–water partition coefficient (Wildman–Crippen LogP) is 2.68. The van der Waals surface area contributed by atoms with Crippen molar-refractivity contribution >= 4 is 17.5 Å². The average molecular weight is 337 g/mol. The molecule has 1 aromatic carbocycles. The van der Waals surface area contributed by atoms with E-state index in [4.69, 9.17) is 5.73 Å². The molecular formula is C15H17F2N5O2. The number of nitrogens with one attached hydrogen (secondary N) is 1. The largest absolute Gasteiger partial charge is 0.435 e. The number of nitrogens with zero attached hydrogens (tertiary/aromatic N) is 3. The summed E-state index contributed by atoms with van der Waals surface area (Å²) in [5.41, 5.74) is 6.80. The van der Waals surface area contributed by atoms with Gasteiger partial charge in [-0.1, -0.05) is 0 Å². The number of urea groups is 1. The molecule has 128 valence electrons. The van der Waals surface area contributed by atoms with Crippen molar-refractivity contribution in [2.75, 3.05) is 24.1 Å². The molecule has 1 aromatic heterocycles. The van der Waals surface area contributed by atoms with E-state index >= 15 is 0 Å². The number of hydrogen-bond donors (Lipinski definition) is 2. The lowest BCUT2D eigenvalue weighted by Gasteiger charge is -2.15. The van der Waals surface area contributed by atoms with Gasteiger partial charge in [-0.15, -0.1) is 5.10 Å². The summed E-state index contributed by atoms with van der Waals surface area (Å²) in [6, 6.07) is 5.71. The van der Waals surface area contributed by atoms with Gasteiger partial charge in [-0.3, -0.25) is 5.32 Å². The van der Waals surface area contributed by atoms with Gasteiger partial charge in [0.25, 0.3) is 0 Å². The molecule has 0 radical (unpaired) electrons. The number of rotatable bonds is 4. The fraction of sp³-hybridized carbons (Fsp3) is 0.333. The number of alkyl halides is 2. The number of carbonyl (C=O) groups is 1. The summed E-state index contributed by atoms with van der Waals surface area (Å²) in [6.07, 6.45) is 3.53. The molecule has 3 rings (SSSR count). The lowest BCUT2D eigenvalue weighted by atomic mass is 10.3. The van der Waals surface area contributed by atoms with Crippen molar-refractivity contribution in [3.05, 3.63) is 30.5 Å². The monoisotopic (exact) mass is 337 g/mol. The first-order valence-corrected chi connectivity index (χ1v) is 7.49. The Labute approximate surface area is 137 Å². The molecule has 0 aliphatic carbocycles. The lowest BCUT2D eigenvalue weighted by molar-refractivity contribution is -0.0498. The van der Waals surface area contributed by atoms with Crippen LogP contribution in [0, 0.1) is 0 Å². The van der Waals surface area contributed by atoms with Gasteiger partial charge < -0.3 is 15.4 Å². The maximum Gasteiger partial charge on any atom is 0.387 e. The number of hydrogen-bond acceptors (Lipinski definition) is 4. The number of amides is 2. The Morgan fingerprint density at radius 1 is 1.25 bits per heavy atom. The fourth-order valence-electron chi connectivity index (χ4n) is 2.50. The van der Waals surface area contributed by atoms with E-state index in [0.717, 1.165) is 25.9 Å². The highest BCUT2D eigenvalue weighted by atomic mass is 19.3. The Morgan fingerprint density at radius 2 is 1.92 bits per heavy atom. The van der Waals surface area contributed by atoms with E-state index in [9.17, 15) is 13.6 Å². The predicted molar refractivity (Wildman–Crippen MR) is 84.4 cm³/mol. The Bertz CT molecular complexity index is 711. The Balaban J connectivity index is 1.72. The molecule has 2 aromatic rings. The van der Waals surface area contributed by atoms with Crippen molar-refractivity contribution < 1.29 is 18.3 Å². The zero-order valence-corrected chi connectivity index (χ0v) is 12.8. The highest BCUT2D eigenvalue weighted by Gasteiger charge is 2.20. The van der Waals surface area contributed by atoms with Crippen molar-refractivity contribution in [2.45, 2.75) is 19.5 Å². The molecule has 0 spiro atoms. The fourth-order valence-corrected chi connectivity index (χ4v) is 2.50. The van der Waals surface area contributed by atoms with Crippen molar-refractivity contribution in [3.8, 4) is 11.4 Å². The van der Waals surface area contributed by atoms with Crippen LogP contribution in [-0.2, 0) is 0 Å². The second kappa shape index (κ2) is 6.73. The summed E-state index contributed by atoms with van der Waals surface area (Å²) in [4.78, 5) is 13.8. The van der Waals surface area contributed by atoms with Crippen LogP contribution in [0.15, 0.2) is 30.5 Å². The second-order valence-electron chi connectivity index (χ2n) is 5.37. The van der Waals surface area contributed by atoms with Crippen LogP contribution in [0.2, 0.25) is 0 Å². The van der Waals surface area contributed by atoms with Crippen LogP contribution >= 0.6 is 0 Å². The molecule has 2 amide bonds. The third kappa shape index (κ3) is 3.55. The van der Waals surface area contributed by atoms with Gasteiger partial charge in [-0.2, -0.15) is 8.78 Å². The number of halogens is 2. The van der Waals surface area contributed by atoms with E-state index in [-0.39, 0.29) is 17.6 Å². The van der Waals surface area contributed by atoms with Crippen LogP contribution in [0.1, 0.15) is 12.8 Å². The van der Waals surface area contributed by atoms with Gasteiger partial charge in [0.2, 0.25) is 0 Å². The van der Waals surface area contributed by atoms with Crippen LogP contribution in [-0.4, -0.2) is 40.4 Å². The van der Waals surface area contributed by atoms with Crippen LogP contribution in [0.5, 0.6) is 5.75 Å². The summed E-state index contributed by atoms with van der Waals surface area (Å²) < 4.78 is 30.1. The van der Waals surface area contributed by atoms with Crippen LogP contribution in [0.3, 0.4) is 0 Å². The molecule has 0 saturated carbocycles. The molecule has 2 heterocycles. The van der Waals surface area contributed by atoms with Crippen LogP contribution < -0.4 is 15.8 Å². The van der Waals surface area contributed by atoms with Crippen LogP contribution in [0.25, 0.3) is 5.69 Å². The minimum Gasteiger partial charge on any atom is -0.435 e. The number of nitrogen functional groups attached to an aromatic ring is 1. The van der Waals surface area contributed by atoms with Crippen molar-refractivity contribution in [1.82, 2.24) is 14.7 Å². The smallest absolute Gasteiger partial charge is 0.387 e. The minimum absolute atomic E-state index is 0.0523. The number of carbonyl (C=O) groups excluding carboxylic acids is 1. The van der Waals surface area contributed by atoms with E-state index in [1.54, 1.807) is 23.2 Å². The number of likely N-dealkylation sites (tertiary alicyclic amines) is 1. The second-order valence-corrected chi connectivity index (χ2v) is 5.37. The molecule has 7 nitrogen and oxygen atoms in total. The highest BCUT2D eigenvalue weighted by molar-refractivity contribution is 5.91. The standard InChI is InChI=1S/C15H17F2N5O2/c16-14(17)24-11-5-3-10(4-6-11)22-9-12(18)13(20-22)19-15(23)21-7-1-2-8-21/h3-6,9,14H,1-2,7-8,18H2,(H,19,20,23). The van der Waals surface area contributed by atoms with Crippen molar-refractivity contribution in [2.24, 2.45) is 0 Å². The van der Waals surface area contributed by atoms with Gasteiger partial charge in [0.1, 0.15) is 5.75 Å². The SMILES string of the molecule is Nc1cn(-c2ccc(OC(F)F)cc2)nc1NC(=O)N1CCCC1. The van der Waals surface area contributed by atoms with Crippen molar-refractivity contribution in [3.63, 3.8) is 0 Å². The van der Waals surface area contributed by atoms with Gasteiger partial charge in [-0.25, -0.2) is 9.48 Å². The van der Waals surface area contributed by atoms with Gasteiger partial charge in [0, 0.05) is 13.1 Å². The molecule has 3 N–H and O–H groups in total. The normalized spacial score (nSPS) is 14.2. The van der Waals surface area contributed by atoms with Gasteiger partial charge in [0.15, 0.2) is 5.82 Å². The van der Waals surface area contributed by atoms with E-state index < -0.39 is 6.61 Å². The number of anilines is 2. The topological polar surface area (TPSA) is 85.4 Å². The molecule has 1 aliphatic rings. The first-order chi connectivity index (χ1) is 11.5. The van der Waals surface area contributed by atoms with E-state index in [1.807, 2.05) is 0 Å². The lowest BCUT2D eigenvalue weighted by Crippen LogP contribution is -2.32. The Morgan fingerprint density at radius 3 is 2.54 bits per heavy atom. The summed E-state index contributed by atoms with van der Waals surface area (Å²) in [5, 5.41) is 6.91. The summed E-state index contributed by atoms with van der Waals surface area (Å²) in [7, 11) is 0. The summed E-state index contributed by atoms with van der Waals surface area (Å²) >= 11 is 0. The minimum atomic E-state index is -2.87. The van der Waals surface area contributed by atoms with Gasteiger partial charge in [-0.05, 0) is 37.1 Å². The average Bonchev–Trinajstić information content (AvgIpc) is 3.18. The first-order valence-electron chi connectivity index (χ1n) is 7.49. The summed E-state index contributed by atoms with van der Waals surface area (Å²) in [6.45, 7) is -1.43. The van der Waals surface area contributed by atoms with E-state index in [2.05, 4.69) is 15.2 Å². The third-order valence-corrected chi connectivity index (χ3v) is 3.69. The first kappa shape index (κ1) is 16.0. The Kier molecular flexibility index (Phi) is 4.50. The molecular weight excluding hydrogens is 320 g/mol. The number of nitrogens with two attached hydrogens (primary N) is 1. The Hall–Kier alpha value is -2.84. The van der Waals surface area contributed by atoms with Crippen molar-refractivity contribution in [1.29, 1.82) is 0 Å². The molecule has 0 atom stereocenters. The van der Waals surface area contributed by atoms with E-state index in [1.165, 1.54) is 16.8 Å². The number of aromatic nitrogens is 2. The van der Waals surface area contributed by atoms with E-state index in [0.29, 0.717) is 11.4 Å². The van der Waals surface area contributed by atoms with Crippen LogP contribution in [0.4, 0.5) is 25.1 Å². The third-order valence-electron chi connectivity index (χ3n) is 3.69. The molecule has 1 aliphatic heterocycles. The maximum atomic E-state index is 12.1. The zero-order valence-electron chi connectivity index (χ0n) is 12.8. The molecule has 1 fully saturated rings. The number of benzene rings is 1. The quantitative estimate of drug-likeness (QED) is 0.898. The van der Waals surface area contributed by atoms with Gasteiger partial charge in [0.05, 0.1) is 17.6 Å². The van der Waals surface area contributed by atoms with Gasteiger partial charge >= 0.3 is 12.6 Å². The maximum absolute atomic E-state index is 12.1. The molecule has 1 saturated heterocycles. The number of ether oxygens (including phenoxy) is 1. The highest BCUT2D eigenvalue weighted by Crippen LogP contribution is 2.22.